The average molecular weight is 312 g/mol. The Morgan fingerprint density at radius 3 is 2.29 bits per heavy atom. The molecule has 1 atom stereocenters. The highest BCUT2D eigenvalue weighted by atomic mass is 32.2. The Kier molecular flexibility index (Phi) is 6.54. The standard InChI is InChI=1S/C13H16N2O5S/c1-21-9-4-2-8(3-5-9)14-13(20)15-10(12(18)19)6-7-11(16)17/h2-5,10H,6-7H2,1H3,(H,16,17)(H,18,19)(H2,14,15,20). The Hall–Kier alpha value is -2.22. The summed E-state index contributed by atoms with van der Waals surface area (Å²) in [5.41, 5.74) is 0.521. The largest absolute Gasteiger partial charge is 0.481 e. The molecular weight excluding hydrogens is 296 g/mol. The molecule has 1 rings (SSSR count). The summed E-state index contributed by atoms with van der Waals surface area (Å²) in [6, 6.07) is 5.09. The van der Waals surface area contributed by atoms with Crippen LogP contribution in [-0.4, -0.2) is 40.5 Å². The lowest BCUT2D eigenvalue weighted by Crippen LogP contribution is -2.43. The first-order valence-corrected chi connectivity index (χ1v) is 7.31. The predicted octanol–water partition coefficient (Wildman–Crippen LogP) is 1.85. The Balaban J connectivity index is 2.56. The fourth-order valence-corrected chi connectivity index (χ4v) is 1.93. The van der Waals surface area contributed by atoms with Crippen LogP contribution in [0.4, 0.5) is 10.5 Å². The van der Waals surface area contributed by atoms with Crippen LogP contribution in [0.1, 0.15) is 12.8 Å². The van der Waals surface area contributed by atoms with Crippen molar-refractivity contribution in [2.75, 3.05) is 11.6 Å². The number of hydrogen-bond donors (Lipinski definition) is 4. The van der Waals surface area contributed by atoms with Crippen LogP contribution in [0, 0.1) is 0 Å². The fourth-order valence-electron chi connectivity index (χ4n) is 1.52. The second-order valence-corrected chi connectivity index (χ2v) is 5.03. The van der Waals surface area contributed by atoms with Gasteiger partial charge >= 0.3 is 18.0 Å². The highest BCUT2D eigenvalue weighted by Crippen LogP contribution is 2.17. The molecule has 0 aliphatic rings. The molecule has 0 radical (unpaired) electrons. The normalized spacial score (nSPS) is 11.5. The third-order valence-corrected chi connectivity index (χ3v) is 3.34. The molecule has 0 spiro atoms. The van der Waals surface area contributed by atoms with Crippen molar-refractivity contribution in [2.45, 2.75) is 23.8 Å². The van der Waals surface area contributed by atoms with Crippen LogP contribution < -0.4 is 10.6 Å². The lowest BCUT2D eigenvalue weighted by molar-refractivity contribution is -0.140. The van der Waals surface area contributed by atoms with Crippen LogP contribution in [0.2, 0.25) is 0 Å². The summed E-state index contributed by atoms with van der Waals surface area (Å²) in [6.45, 7) is 0. The zero-order chi connectivity index (χ0) is 15.8. The maximum absolute atomic E-state index is 11.7. The molecular formula is C13H16N2O5S. The number of rotatable bonds is 7. The minimum absolute atomic E-state index is 0.177. The quantitative estimate of drug-likeness (QED) is 0.571. The predicted molar refractivity (Wildman–Crippen MR) is 78.7 cm³/mol. The number of carboxylic acid groups (broad SMARTS) is 2. The lowest BCUT2D eigenvalue weighted by atomic mass is 10.1. The second-order valence-electron chi connectivity index (χ2n) is 4.15. The maximum atomic E-state index is 11.7. The van der Waals surface area contributed by atoms with Gasteiger partial charge in [0.1, 0.15) is 6.04 Å². The number of amides is 2. The number of carbonyl (C=O) groups excluding carboxylic acids is 1. The summed E-state index contributed by atoms with van der Waals surface area (Å²) in [6.07, 6.45) is 1.41. The number of thioether (sulfide) groups is 1. The van der Waals surface area contributed by atoms with Gasteiger partial charge in [0.25, 0.3) is 0 Å². The van der Waals surface area contributed by atoms with E-state index in [9.17, 15) is 14.4 Å². The SMILES string of the molecule is CSc1ccc(NC(=O)NC(CCC(=O)O)C(=O)O)cc1. The molecule has 0 heterocycles. The number of nitrogens with one attached hydrogen (secondary N) is 2. The molecule has 0 aromatic heterocycles. The van der Waals surface area contributed by atoms with Gasteiger partial charge in [0.05, 0.1) is 0 Å². The van der Waals surface area contributed by atoms with Crippen molar-refractivity contribution in [3.8, 4) is 0 Å². The Bertz CT molecular complexity index is 518. The molecule has 0 aliphatic heterocycles. The van der Waals surface area contributed by atoms with Gasteiger partial charge in [-0.25, -0.2) is 9.59 Å². The minimum atomic E-state index is -1.27. The van der Waals surface area contributed by atoms with Gasteiger partial charge in [0.2, 0.25) is 0 Å². The van der Waals surface area contributed by atoms with E-state index in [1.165, 1.54) is 0 Å². The minimum Gasteiger partial charge on any atom is -0.481 e. The number of carboxylic acids is 2. The molecule has 1 aromatic carbocycles. The first-order valence-electron chi connectivity index (χ1n) is 6.08. The number of carbonyl (C=O) groups is 3. The number of aliphatic carboxylic acids is 2. The van der Waals surface area contributed by atoms with Gasteiger partial charge in [-0.1, -0.05) is 0 Å². The van der Waals surface area contributed by atoms with E-state index in [1.807, 2.05) is 18.4 Å². The molecule has 114 valence electrons. The first kappa shape index (κ1) is 16.8. The number of anilines is 1. The molecule has 4 N–H and O–H groups in total. The molecule has 7 nitrogen and oxygen atoms in total. The zero-order valence-electron chi connectivity index (χ0n) is 11.3. The smallest absolute Gasteiger partial charge is 0.326 e. The number of hydrogen-bond acceptors (Lipinski definition) is 4. The Labute approximate surface area is 125 Å². The van der Waals surface area contributed by atoms with Crippen LogP contribution >= 0.6 is 11.8 Å². The highest BCUT2D eigenvalue weighted by molar-refractivity contribution is 7.98. The average Bonchev–Trinajstić information content (AvgIpc) is 2.43. The molecule has 8 heteroatoms. The summed E-state index contributed by atoms with van der Waals surface area (Å²) in [5, 5.41) is 22.2. The highest BCUT2D eigenvalue weighted by Gasteiger charge is 2.20. The second kappa shape index (κ2) is 8.15. The molecule has 1 unspecified atom stereocenters. The van der Waals surface area contributed by atoms with E-state index in [2.05, 4.69) is 10.6 Å². The molecule has 0 aliphatic carbocycles. The lowest BCUT2D eigenvalue weighted by Gasteiger charge is -2.14. The summed E-state index contributed by atoms with van der Waals surface area (Å²) in [4.78, 5) is 34.1. The number of benzene rings is 1. The third kappa shape index (κ3) is 6.17. The van der Waals surface area contributed by atoms with E-state index in [4.69, 9.17) is 10.2 Å². The molecule has 0 saturated carbocycles. The molecule has 1 aromatic rings. The molecule has 0 saturated heterocycles. The maximum Gasteiger partial charge on any atom is 0.326 e. The summed E-state index contributed by atoms with van der Waals surface area (Å²) in [5.74, 6) is -2.39. The van der Waals surface area contributed by atoms with Gasteiger partial charge < -0.3 is 20.8 Å². The van der Waals surface area contributed by atoms with Crippen LogP contribution in [-0.2, 0) is 9.59 Å². The van der Waals surface area contributed by atoms with Gasteiger partial charge in [-0.3, -0.25) is 4.79 Å². The first-order chi connectivity index (χ1) is 9.92. The van der Waals surface area contributed by atoms with Crippen molar-refractivity contribution in [1.29, 1.82) is 0 Å². The topological polar surface area (TPSA) is 116 Å². The van der Waals surface area contributed by atoms with E-state index in [0.29, 0.717) is 5.69 Å². The van der Waals surface area contributed by atoms with Crippen LogP contribution in [0.5, 0.6) is 0 Å². The van der Waals surface area contributed by atoms with E-state index in [0.717, 1.165) is 4.90 Å². The Morgan fingerprint density at radius 1 is 1.19 bits per heavy atom. The summed E-state index contributed by atoms with van der Waals surface area (Å²) < 4.78 is 0. The fraction of sp³-hybridized carbons (Fsp3) is 0.308. The van der Waals surface area contributed by atoms with Gasteiger partial charge in [0, 0.05) is 17.0 Å². The summed E-state index contributed by atoms with van der Waals surface area (Å²) >= 11 is 1.56. The van der Waals surface area contributed by atoms with Crippen molar-refractivity contribution in [3.63, 3.8) is 0 Å². The zero-order valence-corrected chi connectivity index (χ0v) is 12.1. The molecule has 0 bridgehead atoms. The van der Waals surface area contributed by atoms with Crippen molar-refractivity contribution < 1.29 is 24.6 Å². The molecule has 2 amide bonds. The van der Waals surface area contributed by atoms with Crippen molar-refractivity contribution in [3.05, 3.63) is 24.3 Å². The third-order valence-electron chi connectivity index (χ3n) is 2.60. The van der Waals surface area contributed by atoms with Crippen LogP contribution in [0.15, 0.2) is 29.2 Å². The van der Waals surface area contributed by atoms with Gasteiger partial charge in [0.15, 0.2) is 0 Å². The van der Waals surface area contributed by atoms with Crippen LogP contribution in [0.25, 0.3) is 0 Å². The van der Waals surface area contributed by atoms with Crippen LogP contribution in [0.3, 0.4) is 0 Å². The molecule has 0 fully saturated rings. The van der Waals surface area contributed by atoms with Crippen molar-refractivity contribution in [2.24, 2.45) is 0 Å². The Morgan fingerprint density at radius 2 is 1.81 bits per heavy atom. The van der Waals surface area contributed by atoms with Gasteiger partial charge in [-0.15, -0.1) is 11.8 Å². The van der Waals surface area contributed by atoms with E-state index < -0.39 is 24.0 Å². The monoisotopic (exact) mass is 312 g/mol. The van der Waals surface area contributed by atoms with E-state index >= 15 is 0 Å². The summed E-state index contributed by atoms with van der Waals surface area (Å²) in [7, 11) is 0. The van der Waals surface area contributed by atoms with Gasteiger partial charge in [-0.05, 0) is 36.9 Å². The van der Waals surface area contributed by atoms with E-state index in [-0.39, 0.29) is 12.8 Å². The van der Waals surface area contributed by atoms with E-state index in [1.54, 1.807) is 23.9 Å². The van der Waals surface area contributed by atoms with Gasteiger partial charge in [-0.2, -0.15) is 0 Å². The molecule has 21 heavy (non-hydrogen) atoms. The number of urea groups is 1. The van der Waals surface area contributed by atoms with Crippen molar-refractivity contribution in [1.82, 2.24) is 5.32 Å². The van der Waals surface area contributed by atoms with Crippen molar-refractivity contribution >= 4 is 35.4 Å².